The minimum atomic E-state index is -0.124. The van der Waals surface area contributed by atoms with Crippen LogP contribution in [-0.2, 0) is 6.42 Å². The number of hydrogen-bond donors (Lipinski definition) is 0. The molecule has 1 amide bonds. The first-order valence-electron chi connectivity index (χ1n) is 8.71. The maximum absolute atomic E-state index is 12.8. The first-order valence-corrected chi connectivity index (χ1v) is 8.71. The molecule has 4 rings (SSSR count). The Hall–Kier alpha value is -2.56. The second kappa shape index (κ2) is 6.06. The van der Waals surface area contributed by atoms with Gasteiger partial charge < -0.3 is 14.1 Å². The summed E-state index contributed by atoms with van der Waals surface area (Å²) < 4.78 is 11.6. The molecule has 0 saturated carbocycles. The van der Waals surface area contributed by atoms with E-state index in [1.165, 1.54) is 5.56 Å². The van der Waals surface area contributed by atoms with E-state index in [-0.39, 0.29) is 17.8 Å². The molecule has 1 saturated heterocycles. The summed E-state index contributed by atoms with van der Waals surface area (Å²) in [6.45, 7) is 4.85. The summed E-state index contributed by atoms with van der Waals surface area (Å²) in [7, 11) is 0. The lowest BCUT2D eigenvalue weighted by Crippen LogP contribution is -2.56. The van der Waals surface area contributed by atoms with Crippen LogP contribution in [0, 0.1) is 13.8 Å². The molecule has 2 aromatic rings. The van der Waals surface area contributed by atoms with Crippen molar-refractivity contribution in [1.29, 1.82) is 0 Å². The van der Waals surface area contributed by atoms with Gasteiger partial charge in [0.25, 0.3) is 5.91 Å². The van der Waals surface area contributed by atoms with Crippen molar-refractivity contribution >= 4 is 11.7 Å². The van der Waals surface area contributed by atoms with Gasteiger partial charge in [0.2, 0.25) is 0 Å². The van der Waals surface area contributed by atoms with Crippen molar-refractivity contribution in [1.82, 2.24) is 4.90 Å². The molecule has 1 aromatic carbocycles. The minimum Gasteiger partial charge on any atom is -0.487 e. The third-order valence-electron chi connectivity index (χ3n) is 4.92. The molecule has 1 aromatic heterocycles. The Morgan fingerprint density at radius 1 is 1.16 bits per heavy atom. The van der Waals surface area contributed by atoms with Crippen molar-refractivity contribution in [2.24, 2.45) is 0 Å². The number of carbonyl (C=O) groups is 2. The fraction of sp³-hybridized carbons (Fsp3) is 0.400. The average molecular weight is 339 g/mol. The summed E-state index contributed by atoms with van der Waals surface area (Å²) in [5, 5.41) is 0. The van der Waals surface area contributed by atoms with Crippen LogP contribution in [0.5, 0.6) is 5.75 Å². The van der Waals surface area contributed by atoms with Gasteiger partial charge >= 0.3 is 0 Å². The van der Waals surface area contributed by atoms with E-state index in [1.54, 1.807) is 11.8 Å². The third kappa shape index (κ3) is 2.84. The van der Waals surface area contributed by atoms with Crippen LogP contribution in [0.15, 0.2) is 28.7 Å². The van der Waals surface area contributed by atoms with Crippen LogP contribution in [-0.4, -0.2) is 35.8 Å². The van der Waals surface area contributed by atoms with Crippen molar-refractivity contribution < 1.29 is 18.7 Å². The summed E-state index contributed by atoms with van der Waals surface area (Å²) >= 11 is 0. The number of nitrogens with zero attached hydrogens (tertiary/aromatic N) is 1. The highest BCUT2D eigenvalue weighted by Crippen LogP contribution is 2.31. The quantitative estimate of drug-likeness (QED) is 0.861. The van der Waals surface area contributed by atoms with Gasteiger partial charge in [-0.1, -0.05) is 17.7 Å². The lowest BCUT2D eigenvalue weighted by atomic mass is 9.92. The molecule has 1 aliphatic heterocycles. The number of Topliss-reactive ketones (excluding diaryl/α,β-unsaturated/α-hetero) is 1. The molecule has 5 heteroatoms. The minimum absolute atomic E-state index is 0.00890. The van der Waals surface area contributed by atoms with Gasteiger partial charge in [-0.3, -0.25) is 9.59 Å². The fourth-order valence-electron chi connectivity index (χ4n) is 3.51. The predicted molar refractivity (Wildman–Crippen MR) is 92.2 cm³/mol. The number of furan rings is 1. The third-order valence-corrected chi connectivity index (χ3v) is 4.92. The van der Waals surface area contributed by atoms with Gasteiger partial charge in [0.15, 0.2) is 5.78 Å². The summed E-state index contributed by atoms with van der Waals surface area (Å²) in [5.41, 5.74) is 2.15. The van der Waals surface area contributed by atoms with Crippen molar-refractivity contribution in [3.63, 3.8) is 0 Å². The van der Waals surface area contributed by atoms with Crippen LogP contribution >= 0.6 is 0 Å². The lowest BCUT2D eigenvalue weighted by molar-refractivity contribution is 0.0175. The second-order valence-corrected chi connectivity index (χ2v) is 6.87. The Labute approximate surface area is 146 Å². The van der Waals surface area contributed by atoms with Gasteiger partial charge in [0.1, 0.15) is 23.4 Å². The Kier molecular flexibility index (Phi) is 3.86. The monoisotopic (exact) mass is 339 g/mol. The van der Waals surface area contributed by atoms with Crippen molar-refractivity contribution in [2.75, 3.05) is 13.1 Å². The maximum Gasteiger partial charge on any atom is 0.258 e. The van der Waals surface area contributed by atoms with E-state index in [9.17, 15) is 9.59 Å². The van der Waals surface area contributed by atoms with E-state index >= 15 is 0 Å². The normalized spacial score (nSPS) is 17.2. The Bertz CT molecular complexity index is 828. The van der Waals surface area contributed by atoms with Crippen LogP contribution in [0.2, 0.25) is 0 Å². The van der Waals surface area contributed by atoms with Crippen LogP contribution in [0.1, 0.15) is 50.6 Å². The smallest absolute Gasteiger partial charge is 0.258 e. The molecule has 0 radical (unpaired) electrons. The standard InChI is InChI=1S/C20H21NO4/c1-12-6-8-14(9-7-12)25-15-10-21(11-15)20(23)18-13(2)24-17-5-3-4-16(22)19(17)18/h6-9,15H,3-5,10-11H2,1-2H3. The molecule has 2 aliphatic rings. The van der Waals surface area contributed by atoms with Gasteiger partial charge in [-0.05, 0) is 32.4 Å². The molecular formula is C20H21NO4. The molecule has 1 fully saturated rings. The number of likely N-dealkylation sites (tertiary alicyclic amines) is 1. The molecular weight excluding hydrogens is 318 g/mol. The van der Waals surface area contributed by atoms with Gasteiger partial charge in [-0.2, -0.15) is 0 Å². The number of fused-ring (bicyclic) bond motifs is 1. The topological polar surface area (TPSA) is 59.8 Å². The maximum atomic E-state index is 12.8. The first kappa shape index (κ1) is 15.9. The van der Waals surface area contributed by atoms with Crippen LogP contribution in [0.3, 0.4) is 0 Å². The largest absolute Gasteiger partial charge is 0.487 e. The van der Waals surface area contributed by atoms with E-state index in [4.69, 9.17) is 9.15 Å². The molecule has 1 aliphatic carbocycles. The molecule has 25 heavy (non-hydrogen) atoms. The van der Waals surface area contributed by atoms with Gasteiger partial charge in [0.05, 0.1) is 24.2 Å². The summed E-state index contributed by atoms with van der Waals surface area (Å²) in [6.07, 6.45) is 2.01. The fourth-order valence-corrected chi connectivity index (χ4v) is 3.51. The Balaban J connectivity index is 1.45. The lowest BCUT2D eigenvalue weighted by Gasteiger charge is -2.39. The molecule has 0 N–H and O–H groups in total. The number of aryl methyl sites for hydroxylation is 3. The number of carbonyl (C=O) groups excluding carboxylic acids is 2. The molecule has 130 valence electrons. The van der Waals surface area contributed by atoms with Gasteiger partial charge in [0, 0.05) is 12.8 Å². The van der Waals surface area contributed by atoms with Crippen LogP contribution in [0.25, 0.3) is 0 Å². The highest BCUT2D eigenvalue weighted by molar-refractivity contribution is 6.10. The number of ether oxygens (including phenoxy) is 1. The predicted octanol–water partition coefficient (Wildman–Crippen LogP) is 3.32. The van der Waals surface area contributed by atoms with E-state index in [1.807, 2.05) is 31.2 Å². The zero-order chi connectivity index (χ0) is 17.6. The first-order chi connectivity index (χ1) is 12.0. The number of amides is 1. The molecule has 0 unspecified atom stereocenters. The summed E-state index contributed by atoms with van der Waals surface area (Å²) in [4.78, 5) is 26.8. The second-order valence-electron chi connectivity index (χ2n) is 6.87. The number of benzene rings is 1. The summed E-state index contributed by atoms with van der Waals surface area (Å²) in [5.74, 6) is 1.93. The Morgan fingerprint density at radius 3 is 2.60 bits per heavy atom. The van der Waals surface area contributed by atoms with E-state index in [0.717, 1.165) is 18.6 Å². The van der Waals surface area contributed by atoms with Crippen LogP contribution in [0.4, 0.5) is 0 Å². The number of rotatable bonds is 3. The van der Waals surface area contributed by atoms with Gasteiger partial charge in [-0.15, -0.1) is 0 Å². The molecule has 2 heterocycles. The van der Waals surface area contributed by atoms with Gasteiger partial charge in [-0.25, -0.2) is 0 Å². The number of ketones is 1. The molecule has 0 spiro atoms. The highest BCUT2D eigenvalue weighted by Gasteiger charge is 2.38. The average Bonchev–Trinajstić information content (AvgIpc) is 2.89. The van der Waals surface area contributed by atoms with E-state index in [2.05, 4.69) is 0 Å². The van der Waals surface area contributed by atoms with E-state index in [0.29, 0.717) is 42.2 Å². The zero-order valence-electron chi connectivity index (χ0n) is 14.5. The SMILES string of the molecule is Cc1ccc(OC2CN(C(=O)c3c(C)oc4c3C(=O)CCC4)C2)cc1. The van der Waals surface area contributed by atoms with Crippen molar-refractivity contribution in [3.05, 3.63) is 52.5 Å². The summed E-state index contributed by atoms with van der Waals surface area (Å²) in [6, 6.07) is 7.89. The highest BCUT2D eigenvalue weighted by atomic mass is 16.5. The molecule has 0 bridgehead atoms. The van der Waals surface area contributed by atoms with Crippen LogP contribution < -0.4 is 4.74 Å². The van der Waals surface area contributed by atoms with Crippen molar-refractivity contribution in [2.45, 2.75) is 39.2 Å². The zero-order valence-corrected chi connectivity index (χ0v) is 14.5. The molecule has 0 atom stereocenters. The Morgan fingerprint density at radius 2 is 1.88 bits per heavy atom. The molecule has 5 nitrogen and oxygen atoms in total. The van der Waals surface area contributed by atoms with Crippen molar-refractivity contribution in [3.8, 4) is 5.75 Å². The van der Waals surface area contributed by atoms with E-state index < -0.39 is 0 Å². The number of hydrogen-bond acceptors (Lipinski definition) is 4.